The van der Waals surface area contributed by atoms with Crippen LogP contribution in [0, 0.1) is 30.1 Å². The average Bonchev–Trinajstić information content (AvgIpc) is 3.04. The second kappa shape index (κ2) is 5.15. The summed E-state index contributed by atoms with van der Waals surface area (Å²) < 4.78 is 30.3. The van der Waals surface area contributed by atoms with Crippen LogP contribution in [0.15, 0.2) is 29.2 Å². The standard InChI is InChI=1S/C18H22O4S/c1-12-5-7-13(8-6-12)23(20,21)22-11-18-10-9-16(19)17(18)14-3-2-4-15(14)18/h5-8,14-15,17H,2-4,9-11H2,1H3. The molecule has 0 N–H and O–H groups in total. The van der Waals surface area contributed by atoms with Crippen molar-refractivity contribution in [1.29, 1.82) is 0 Å². The Morgan fingerprint density at radius 3 is 2.70 bits per heavy atom. The van der Waals surface area contributed by atoms with E-state index in [2.05, 4.69) is 0 Å². The first-order valence-corrected chi connectivity index (χ1v) is 9.84. The Morgan fingerprint density at radius 1 is 1.22 bits per heavy atom. The van der Waals surface area contributed by atoms with Gasteiger partial charge in [0.05, 0.1) is 11.5 Å². The van der Waals surface area contributed by atoms with E-state index in [4.69, 9.17) is 4.18 Å². The van der Waals surface area contributed by atoms with E-state index >= 15 is 0 Å². The molecule has 0 aliphatic heterocycles. The molecule has 4 unspecified atom stereocenters. The Bertz CT molecular complexity index is 737. The molecule has 0 radical (unpaired) electrons. The van der Waals surface area contributed by atoms with Gasteiger partial charge in [-0.3, -0.25) is 8.98 Å². The van der Waals surface area contributed by atoms with Crippen LogP contribution in [0.5, 0.6) is 0 Å². The molecule has 0 bridgehead atoms. The predicted octanol–water partition coefficient (Wildman–Crippen LogP) is 3.10. The molecule has 3 aliphatic rings. The first-order valence-electron chi connectivity index (χ1n) is 8.43. The number of fused-ring (bicyclic) bond motifs is 4. The van der Waals surface area contributed by atoms with Gasteiger partial charge in [-0.25, -0.2) is 0 Å². The minimum atomic E-state index is -3.75. The van der Waals surface area contributed by atoms with Crippen molar-refractivity contribution in [1.82, 2.24) is 0 Å². The third-order valence-electron chi connectivity index (χ3n) is 6.33. The molecule has 124 valence electrons. The maximum absolute atomic E-state index is 12.4. The molecule has 3 fully saturated rings. The quantitative estimate of drug-likeness (QED) is 0.794. The molecule has 1 aromatic carbocycles. The molecule has 0 aromatic heterocycles. The molecular weight excluding hydrogens is 312 g/mol. The van der Waals surface area contributed by atoms with Crippen LogP contribution < -0.4 is 0 Å². The van der Waals surface area contributed by atoms with Crippen molar-refractivity contribution < 1.29 is 17.4 Å². The Balaban J connectivity index is 1.54. The van der Waals surface area contributed by atoms with Gasteiger partial charge in [-0.05, 0) is 50.2 Å². The molecule has 0 heterocycles. The summed E-state index contributed by atoms with van der Waals surface area (Å²) in [4.78, 5) is 12.4. The minimum Gasteiger partial charge on any atom is -0.299 e. The van der Waals surface area contributed by atoms with E-state index in [0.29, 0.717) is 24.0 Å². The van der Waals surface area contributed by atoms with Crippen LogP contribution in [-0.4, -0.2) is 20.8 Å². The van der Waals surface area contributed by atoms with E-state index in [-0.39, 0.29) is 22.8 Å². The Labute approximate surface area is 137 Å². The van der Waals surface area contributed by atoms with Crippen molar-refractivity contribution in [3.63, 3.8) is 0 Å². The zero-order chi connectivity index (χ0) is 16.2. The van der Waals surface area contributed by atoms with E-state index in [9.17, 15) is 13.2 Å². The second-order valence-corrected chi connectivity index (χ2v) is 9.02. The number of ketones is 1. The molecule has 5 heteroatoms. The first-order chi connectivity index (χ1) is 10.9. The number of carbonyl (C=O) groups is 1. The summed E-state index contributed by atoms with van der Waals surface area (Å²) >= 11 is 0. The highest BCUT2D eigenvalue weighted by atomic mass is 32.2. The molecule has 0 amide bonds. The third-order valence-corrected chi connectivity index (χ3v) is 7.61. The van der Waals surface area contributed by atoms with Crippen LogP contribution >= 0.6 is 0 Å². The lowest BCUT2D eigenvalue weighted by atomic mass is 9.49. The number of Topliss-reactive ketones (excluding diaryl/α,β-unsaturated/α-hetero) is 1. The van der Waals surface area contributed by atoms with Gasteiger partial charge >= 0.3 is 0 Å². The van der Waals surface area contributed by atoms with Crippen molar-refractivity contribution in [2.45, 2.75) is 43.9 Å². The van der Waals surface area contributed by atoms with Crippen LogP contribution in [0.4, 0.5) is 0 Å². The van der Waals surface area contributed by atoms with Crippen molar-refractivity contribution in [3.8, 4) is 0 Å². The van der Waals surface area contributed by atoms with Gasteiger partial charge in [-0.15, -0.1) is 0 Å². The van der Waals surface area contributed by atoms with E-state index in [1.54, 1.807) is 24.3 Å². The second-order valence-electron chi connectivity index (χ2n) is 7.41. The highest BCUT2D eigenvalue weighted by molar-refractivity contribution is 7.86. The molecule has 0 saturated heterocycles. The Hall–Kier alpha value is -1.20. The number of rotatable bonds is 4. The SMILES string of the molecule is Cc1ccc(S(=O)(=O)OCC23CCC(=O)C2C2CCCC23)cc1. The molecule has 23 heavy (non-hydrogen) atoms. The molecule has 4 nitrogen and oxygen atoms in total. The molecule has 4 rings (SSSR count). The van der Waals surface area contributed by atoms with Crippen molar-refractivity contribution in [2.75, 3.05) is 6.61 Å². The van der Waals surface area contributed by atoms with Crippen molar-refractivity contribution >= 4 is 15.9 Å². The summed E-state index contributed by atoms with van der Waals surface area (Å²) in [5.41, 5.74) is 0.799. The van der Waals surface area contributed by atoms with Gasteiger partial charge in [0.2, 0.25) is 0 Å². The number of aryl methyl sites for hydroxylation is 1. The summed E-state index contributed by atoms with van der Waals surface area (Å²) in [6.07, 6.45) is 4.77. The van der Waals surface area contributed by atoms with Crippen molar-refractivity contribution in [3.05, 3.63) is 29.8 Å². The van der Waals surface area contributed by atoms with Gasteiger partial charge in [-0.2, -0.15) is 8.42 Å². The van der Waals surface area contributed by atoms with Crippen LogP contribution in [0.2, 0.25) is 0 Å². The van der Waals surface area contributed by atoms with Gasteiger partial charge in [0, 0.05) is 17.8 Å². The normalized spacial score (nSPS) is 35.7. The molecule has 3 saturated carbocycles. The number of carbonyl (C=O) groups excluding carboxylic acids is 1. The Morgan fingerprint density at radius 2 is 1.96 bits per heavy atom. The predicted molar refractivity (Wildman–Crippen MR) is 85.3 cm³/mol. The fourth-order valence-corrected chi connectivity index (χ4v) is 6.26. The maximum atomic E-state index is 12.4. The minimum absolute atomic E-state index is 0.0446. The van der Waals surface area contributed by atoms with Crippen molar-refractivity contribution in [2.24, 2.45) is 23.2 Å². The topological polar surface area (TPSA) is 60.4 Å². The smallest absolute Gasteiger partial charge is 0.296 e. The van der Waals surface area contributed by atoms with Gasteiger partial charge in [0.15, 0.2) is 0 Å². The number of hydrogen-bond donors (Lipinski definition) is 0. The summed E-state index contributed by atoms with van der Waals surface area (Å²) in [6, 6.07) is 6.71. The van der Waals surface area contributed by atoms with E-state index in [0.717, 1.165) is 31.2 Å². The monoisotopic (exact) mass is 334 g/mol. The lowest BCUT2D eigenvalue weighted by Gasteiger charge is -2.55. The van der Waals surface area contributed by atoms with Crippen LogP contribution in [-0.2, 0) is 19.1 Å². The highest BCUT2D eigenvalue weighted by Crippen LogP contribution is 2.68. The van der Waals surface area contributed by atoms with Gasteiger partial charge in [-0.1, -0.05) is 24.1 Å². The van der Waals surface area contributed by atoms with E-state index in [1.165, 1.54) is 0 Å². The third kappa shape index (κ3) is 2.20. The van der Waals surface area contributed by atoms with Crippen LogP contribution in [0.3, 0.4) is 0 Å². The van der Waals surface area contributed by atoms with Gasteiger partial charge < -0.3 is 0 Å². The first kappa shape index (κ1) is 15.3. The van der Waals surface area contributed by atoms with E-state index in [1.807, 2.05) is 6.92 Å². The summed E-state index contributed by atoms with van der Waals surface area (Å²) in [7, 11) is -3.75. The summed E-state index contributed by atoms with van der Waals surface area (Å²) in [5, 5.41) is 0. The number of benzene rings is 1. The fourth-order valence-electron chi connectivity index (χ4n) is 5.28. The summed E-state index contributed by atoms with van der Waals surface area (Å²) in [5.74, 6) is 1.33. The van der Waals surface area contributed by atoms with Crippen LogP contribution in [0.25, 0.3) is 0 Å². The highest BCUT2D eigenvalue weighted by Gasteiger charge is 2.68. The zero-order valence-electron chi connectivity index (χ0n) is 13.3. The zero-order valence-corrected chi connectivity index (χ0v) is 14.1. The molecule has 3 aliphatic carbocycles. The molecular formula is C18H22O4S. The fraction of sp³-hybridized carbons (Fsp3) is 0.611. The van der Waals surface area contributed by atoms with Gasteiger partial charge in [0.1, 0.15) is 5.78 Å². The van der Waals surface area contributed by atoms with Gasteiger partial charge in [0.25, 0.3) is 10.1 Å². The van der Waals surface area contributed by atoms with E-state index < -0.39 is 10.1 Å². The number of hydrogen-bond acceptors (Lipinski definition) is 4. The molecule has 4 atom stereocenters. The average molecular weight is 334 g/mol. The molecule has 0 spiro atoms. The lowest BCUT2D eigenvalue weighted by Crippen LogP contribution is -2.56. The lowest BCUT2D eigenvalue weighted by molar-refractivity contribution is -0.146. The molecule has 1 aromatic rings. The largest absolute Gasteiger partial charge is 0.299 e. The maximum Gasteiger partial charge on any atom is 0.296 e. The van der Waals surface area contributed by atoms with Crippen LogP contribution in [0.1, 0.15) is 37.7 Å². The summed E-state index contributed by atoms with van der Waals surface area (Å²) in [6.45, 7) is 2.08. The Kier molecular flexibility index (Phi) is 3.43.